The Kier molecular flexibility index (Phi) is 5.21. The zero-order chi connectivity index (χ0) is 19.7. The lowest BCUT2D eigenvalue weighted by Gasteiger charge is -2.38. The van der Waals surface area contributed by atoms with Crippen molar-refractivity contribution in [3.8, 4) is 11.5 Å². The molecule has 2 aliphatic heterocycles. The Labute approximate surface area is 168 Å². The summed E-state index contributed by atoms with van der Waals surface area (Å²) in [6.07, 6.45) is 1.88. The van der Waals surface area contributed by atoms with Gasteiger partial charge >= 0.3 is 0 Å². The molecule has 0 aromatic heterocycles. The zero-order valence-electron chi connectivity index (χ0n) is 15.9. The molecular weight excluding hydrogens is 379 g/mol. The van der Waals surface area contributed by atoms with Crippen LogP contribution in [0, 0.1) is 5.82 Å². The maximum absolute atomic E-state index is 14.7. The van der Waals surface area contributed by atoms with E-state index in [4.69, 9.17) is 9.47 Å². The minimum Gasteiger partial charge on any atom is -0.493 e. The summed E-state index contributed by atoms with van der Waals surface area (Å²) in [5, 5.41) is 12.3. The van der Waals surface area contributed by atoms with Gasteiger partial charge in [-0.05, 0) is 31.0 Å². The summed E-state index contributed by atoms with van der Waals surface area (Å²) in [6.45, 7) is 1.37. The Morgan fingerprint density at radius 2 is 1.93 bits per heavy atom. The van der Waals surface area contributed by atoms with Crippen LogP contribution in [0.25, 0.3) is 0 Å². The number of methoxy groups -OCH3 is 2. The van der Waals surface area contributed by atoms with Gasteiger partial charge in [-0.15, -0.1) is 0 Å². The molecule has 4 rings (SSSR count). The van der Waals surface area contributed by atoms with E-state index in [1.54, 1.807) is 44.6 Å². The third-order valence-corrected chi connectivity index (χ3v) is 6.64. The average molecular weight is 402 g/mol. The Morgan fingerprint density at radius 3 is 2.68 bits per heavy atom. The molecule has 2 aromatic rings. The predicted molar refractivity (Wildman–Crippen MR) is 108 cm³/mol. The fraction of sp³-hybridized carbons (Fsp3) is 0.381. The van der Waals surface area contributed by atoms with Gasteiger partial charge in [0, 0.05) is 24.2 Å². The number of aliphatic imine (C=N–C) groups is 1. The van der Waals surface area contributed by atoms with E-state index in [1.807, 2.05) is 11.0 Å². The van der Waals surface area contributed by atoms with Crippen LogP contribution in [0.4, 0.5) is 4.39 Å². The van der Waals surface area contributed by atoms with Crippen LogP contribution in [-0.4, -0.2) is 42.5 Å². The van der Waals surface area contributed by atoms with Gasteiger partial charge in [-0.1, -0.05) is 36.0 Å². The SMILES string of the molecule is COc1ccc(C2(O)C(c3ccccc3F)SC3=NCCCCN32)cc1OC. The van der Waals surface area contributed by atoms with Crippen molar-refractivity contribution in [1.82, 2.24) is 4.90 Å². The highest BCUT2D eigenvalue weighted by Gasteiger charge is 2.54. The van der Waals surface area contributed by atoms with Crippen molar-refractivity contribution in [1.29, 1.82) is 0 Å². The van der Waals surface area contributed by atoms with E-state index in [0.717, 1.165) is 18.0 Å². The van der Waals surface area contributed by atoms with Crippen LogP contribution in [0.3, 0.4) is 0 Å². The largest absolute Gasteiger partial charge is 0.493 e. The van der Waals surface area contributed by atoms with Crippen molar-refractivity contribution >= 4 is 16.9 Å². The quantitative estimate of drug-likeness (QED) is 0.840. The molecule has 5 nitrogen and oxygen atoms in total. The smallest absolute Gasteiger partial charge is 0.183 e. The highest BCUT2D eigenvalue weighted by Crippen LogP contribution is 2.55. The molecule has 2 unspecified atom stereocenters. The summed E-state index contributed by atoms with van der Waals surface area (Å²) < 4.78 is 25.5. The Balaban J connectivity index is 1.89. The van der Waals surface area contributed by atoms with Crippen LogP contribution >= 0.6 is 11.8 Å². The average Bonchev–Trinajstić information content (AvgIpc) is 2.87. The van der Waals surface area contributed by atoms with Crippen LogP contribution in [0.15, 0.2) is 47.5 Å². The molecule has 2 atom stereocenters. The number of ether oxygens (including phenoxy) is 2. The second-order valence-corrected chi connectivity index (χ2v) is 7.91. The van der Waals surface area contributed by atoms with Gasteiger partial charge < -0.3 is 19.5 Å². The number of rotatable bonds is 4. The molecule has 2 aromatic carbocycles. The highest BCUT2D eigenvalue weighted by atomic mass is 32.2. The number of hydrogen-bond acceptors (Lipinski definition) is 6. The fourth-order valence-electron chi connectivity index (χ4n) is 3.82. The summed E-state index contributed by atoms with van der Waals surface area (Å²) in [5.41, 5.74) is -0.367. The second-order valence-electron chi connectivity index (χ2n) is 6.84. The molecule has 0 bridgehead atoms. The maximum atomic E-state index is 14.7. The summed E-state index contributed by atoms with van der Waals surface area (Å²) >= 11 is 1.41. The molecule has 0 amide bonds. The van der Waals surface area contributed by atoms with E-state index < -0.39 is 11.0 Å². The minimum absolute atomic E-state index is 0.336. The summed E-state index contributed by atoms with van der Waals surface area (Å²) in [6, 6.07) is 11.9. The van der Waals surface area contributed by atoms with E-state index in [1.165, 1.54) is 17.8 Å². The highest BCUT2D eigenvalue weighted by molar-refractivity contribution is 8.14. The lowest BCUT2D eigenvalue weighted by Crippen LogP contribution is -2.46. The first-order chi connectivity index (χ1) is 13.6. The van der Waals surface area contributed by atoms with E-state index in [9.17, 15) is 9.50 Å². The maximum Gasteiger partial charge on any atom is 0.183 e. The van der Waals surface area contributed by atoms with Gasteiger partial charge in [0.25, 0.3) is 0 Å². The standard InChI is InChI=1S/C21H23FN2O3S/c1-26-17-10-9-14(13-18(17)27-2)21(25)19(15-7-3-4-8-16(15)22)28-20-23-11-5-6-12-24(20)21/h3-4,7-10,13,19,25H,5-6,11-12H2,1-2H3. The first-order valence-electron chi connectivity index (χ1n) is 9.27. The van der Waals surface area contributed by atoms with E-state index in [2.05, 4.69) is 4.99 Å². The molecule has 1 fully saturated rings. The third-order valence-electron chi connectivity index (χ3n) is 5.26. The van der Waals surface area contributed by atoms with Gasteiger partial charge in [0.15, 0.2) is 22.4 Å². The Bertz CT molecular complexity index is 907. The van der Waals surface area contributed by atoms with Crippen LogP contribution < -0.4 is 9.47 Å². The van der Waals surface area contributed by atoms with Crippen molar-refractivity contribution in [3.63, 3.8) is 0 Å². The molecule has 2 heterocycles. The number of halogens is 1. The van der Waals surface area contributed by atoms with E-state index in [0.29, 0.717) is 35.7 Å². The molecule has 148 valence electrons. The number of fused-ring (bicyclic) bond motifs is 1. The molecule has 1 N–H and O–H groups in total. The van der Waals surface area contributed by atoms with E-state index in [-0.39, 0.29) is 5.82 Å². The van der Waals surface area contributed by atoms with Crippen LogP contribution in [0.1, 0.15) is 29.2 Å². The molecule has 7 heteroatoms. The Morgan fingerprint density at radius 1 is 1.14 bits per heavy atom. The lowest BCUT2D eigenvalue weighted by atomic mass is 9.92. The fourth-order valence-corrected chi connectivity index (χ4v) is 5.30. The van der Waals surface area contributed by atoms with Gasteiger partial charge in [0.05, 0.1) is 19.5 Å². The molecular formula is C21H23FN2O3S. The normalized spacial score (nSPS) is 24.4. The first kappa shape index (κ1) is 19.1. The molecule has 0 spiro atoms. The molecule has 2 aliphatic rings. The van der Waals surface area contributed by atoms with Crippen molar-refractivity contribution in [2.45, 2.75) is 23.8 Å². The molecule has 28 heavy (non-hydrogen) atoms. The number of benzene rings is 2. The van der Waals surface area contributed by atoms with Gasteiger partial charge in [-0.3, -0.25) is 4.99 Å². The summed E-state index contributed by atoms with van der Waals surface area (Å²) in [5.74, 6) is 0.760. The van der Waals surface area contributed by atoms with Crippen molar-refractivity contribution < 1.29 is 19.0 Å². The van der Waals surface area contributed by atoms with Gasteiger partial charge in [0.1, 0.15) is 5.82 Å². The molecule has 0 aliphatic carbocycles. The van der Waals surface area contributed by atoms with Crippen molar-refractivity contribution in [2.75, 3.05) is 27.3 Å². The van der Waals surface area contributed by atoms with Crippen LogP contribution in [0.2, 0.25) is 0 Å². The van der Waals surface area contributed by atoms with Gasteiger partial charge in [0.2, 0.25) is 0 Å². The molecule has 1 saturated heterocycles. The lowest BCUT2D eigenvalue weighted by molar-refractivity contribution is -0.0718. The van der Waals surface area contributed by atoms with Crippen LogP contribution in [0.5, 0.6) is 11.5 Å². The van der Waals surface area contributed by atoms with E-state index >= 15 is 0 Å². The Hall–Kier alpha value is -2.25. The minimum atomic E-state index is -1.45. The third kappa shape index (κ3) is 3.02. The summed E-state index contributed by atoms with van der Waals surface area (Å²) in [4.78, 5) is 6.56. The predicted octanol–water partition coefficient (Wildman–Crippen LogP) is 3.93. The number of thioether (sulfide) groups is 1. The van der Waals surface area contributed by atoms with Crippen molar-refractivity contribution in [2.24, 2.45) is 4.99 Å². The van der Waals surface area contributed by atoms with Gasteiger partial charge in [-0.25, -0.2) is 4.39 Å². The molecule has 0 saturated carbocycles. The zero-order valence-corrected chi connectivity index (χ0v) is 16.7. The number of amidine groups is 1. The number of nitrogens with zero attached hydrogens (tertiary/aromatic N) is 2. The second kappa shape index (κ2) is 7.64. The number of aliphatic hydroxyl groups is 1. The first-order valence-corrected chi connectivity index (χ1v) is 10.2. The van der Waals surface area contributed by atoms with Crippen LogP contribution in [-0.2, 0) is 5.72 Å². The molecule has 0 radical (unpaired) electrons. The van der Waals surface area contributed by atoms with Gasteiger partial charge in [-0.2, -0.15) is 0 Å². The monoisotopic (exact) mass is 402 g/mol. The topological polar surface area (TPSA) is 54.3 Å². The van der Waals surface area contributed by atoms with Crippen molar-refractivity contribution in [3.05, 3.63) is 59.4 Å². The summed E-state index contributed by atoms with van der Waals surface area (Å²) in [7, 11) is 3.13. The number of hydrogen-bond donors (Lipinski definition) is 1.